The number of carboxylic acid groups (broad SMARTS) is 1. The molecule has 0 bridgehead atoms. The molecule has 3 rings (SSSR count). The van der Waals surface area contributed by atoms with Gasteiger partial charge in [0.2, 0.25) is 0 Å². The molecule has 22 heavy (non-hydrogen) atoms. The number of fused-ring (bicyclic) bond motifs is 1. The van der Waals surface area contributed by atoms with Gasteiger partial charge in [0.15, 0.2) is 11.4 Å². The van der Waals surface area contributed by atoms with E-state index in [9.17, 15) is 18.0 Å². The number of rotatable bonds is 2. The van der Waals surface area contributed by atoms with Gasteiger partial charge < -0.3 is 14.5 Å². The van der Waals surface area contributed by atoms with Crippen molar-refractivity contribution in [2.45, 2.75) is 6.18 Å². The predicted octanol–water partition coefficient (Wildman–Crippen LogP) is 3.18. The molecule has 1 N–H and O–H groups in total. The van der Waals surface area contributed by atoms with Gasteiger partial charge in [0, 0.05) is 18.1 Å². The van der Waals surface area contributed by atoms with Crippen molar-refractivity contribution in [2.75, 3.05) is 18.0 Å². The summed E-state index contributed by atoms with van der Waals surface area (Å²) in [6.07, 6.45) is -4.59. The van der Waals surface area contributed by atoms with E-state index in [1.807, 2.05) is 0 Å². The quantitative estimate of drug-likeness (QED) is 0.913. The first-order valence-electron chi connectivity index (χ1n) is 6.37. The van der Waals surface area contributed by atoms with Crippen LogP contribution in [0, 0.1) is 11.8 Å². The Labute approximate surface area is 127 Å². The zero-order valence-corrected chi connectivity index (χ0v) is 11.7. The lowest BCUT2D eigenvalue weighted by Gasteiger charge is -2.18. The molecule has 2 atom stereocenters. The van der Waals surface area contributed by atoms with Gasteiger partial charge in [0.05, 0.1) is 17.2 Å². The van der Waals surface area contributed by atoms with Crippen molar-refractivity contribution >= 4 is 34.4 Å². The molecule has 1 aliphatic heterocycles. The van der Waals surface area contributed by atoms with Crippen LogP contribution in [0.4, 0.5) is 19.0 Å². The molecule has 0 saturated carbocycles. The van der Waals surface area contributed by atoms with Gasteiger partial charge >= 0.3 is 12.1 Å². The molecule has 1 fully saturated rings. The molecule has 0 amide bonds. The molecule has 1 aromatic heterocycles. The number of anilines is 1. The van der Waals surface area contributed by atoms with Crippen LogP contribution in [0.3, 0.4) is 0 Å². The van der Waals surface area contributed by atoms with Gasteiger partial charge in [-0.2, -0.15) is 13.2 Å². The van der Waals surface area contributed by atoms with Gasteiger partial charge in [-0.25, -0.2) is 0 Å². The minimum absolute atomic E-state index is 0.176. The summed E-state index contributed by atoms with van der Waals surface area (Å²) in [7, 11) is 0. The number of carboxylic acids is 1. The van der Waals surface area contributed by atoms with Gasteiger partial charge in [-0.05, 0) is 18.2 Å². The van der Waals surface area contributed by atoms with E-state index in [-0.39, 0.29) is 12.4 Å². The molecule has 0 aliphatic carbocycles. The van der Waals surface area contributed by atoms with E-state index < -0.39 is 30.5 Å². The van der Waals surface area contributed by atoms with Crippen molar-refractivity contribution in [3.05, 3.63) is 23.2 Å². The highest BCUT2D eigenvalue weighted by Crippen LogP contribution is 2.40. The van der Waals surface area contributed by atoms with Crippen LogP contribution in [0.2, 0.25) is 5.02 Å². The molecule has 0 radical (unpaired) electrons. The summed E-state index contributed by atoms with van der Waals surface area (Å²) in [5.74, 6) is -4.78. The Kier molecular flexibility index (Phi) is 3.43. The van der Waals surface area contributed by atoms with Crippen molar-refractivity contribution in [1.82, 2.24) is 5.16 Å². The predicted molar refractivity (Wildman–Crippen MR) is 71.9 cm³/mol. The number of benzene rings is 1. The van der Waals surface area contributed by atoms with E-state index in [0.717, 1.165) is 0 Å². The summed E-state index contributed by atoms with van der Waals surface area (Å²) in [6.45, 7) is -0.762. The minimum Gasteiger partial charge on any atom is -0.481 e. The third-order valence-corrected chi connectivity index (χ3v) is 4.01. The van der Waals surface area contributed by atoms with Crippen LogP contribution in [-0.2, 0) is 4.79 Å². The molecule has 1 saturated heterocycles. The zero-order chi connectivity index (χ0) is 16.1. The van der Waals surface area contributed by atoms with Crippen molar-refractivity contribution < 1.29 is 27.6 Å². The fourth-order valence-electron chi connectivity index (χ4n) is 2.68. The van der Waals surface area contributed by atoms with E-state index in [2.05, 4.69) is 5.16 Å². The highest BCUT2D eigenvalue weighted by atomic mass is 35.5. The Balaban J connectivity index is 1.98. The number of aromatic nitrogens is 1. The SMILES string of the molecule is O=C(O)[C@@H]1CN(c2noc3ccc(Cl)cc23)C[C@H]1C(F)(F)F. The minimum atomic E-state index is -4.59. The zero-order valence-electron chi connectivity index (χ0n) is 11.0. The topological polar surface area (TPSA) is 66.6 Å². The molecule has 9 heteroatoms. The summed E-state index contributed by atoms with van der Waals surface area (Å²) >= 11 is 5.87. The third-order valence-electron chi connectivity index (χ3n) is 3.77. The van der Waals surface area contributed by atoms with Crippen LogP contribution in [0.1, 0.15) is 0 Å². The average Bonchev–Trinajstić information content (AvgIpc) is 3.00. The second-order valence-corrected chi connectivity index (χ2v) is 5.58. The lowest BCUT2D eigenvalue weighted by Crippen LogP contribution is -2.33. The first-order valence-corrected chi connectivity index (χ1v) is 6.74. The monoisotopic (exact) mass is 334 g/mol. The smallest absolute Gasteiger partial charge is 0.394 e. The molecule has 0 spiro atoms. The summed E-state index contributed by atoms with van der Waals surface area (Å²) in [5, 5.41) is 13.6. The molecule has 2 heterocycles. The van der Waals surface area contributed by atoms with Crippen molar-refractivity contribution in [1.29, 1.82) is 0 Å². The first kappa shape index (κ1) is 15.0. The van der Waals surface area contributed by atoms with Crippen LogP contribution >= 0.6 is 11.6 Å². The highest BCUT2D eigenvalue weighted by molar-refractivity contribution is 6.31. The van der Waals surface area contributed by atoms with Crippen molar-refractivity contribution in [2.24, 2.45) is 11.8 Å². The van der Waals surface area contributed by atoms with Gasteiger partial charge in [0.25, 0.3) is 0 Å². The summed E-state index contributed by atoms with van der Waals surface area (Å²) in [6, 6.07) is 4.65. The van der Waals surface area contributed by atoms with E-state index in [1.54, 1.807) is 12.1 Å². The molecule has 1 aliphatic rings. The second kappa shape index (κ2) is 5.05. The molecule has 5 nitrogen and oxygen atoms in total. The standard InChI is InChI=1S/C13H10ClF3N2O3/c14-6-1-2-10-7(3-6)11(18-22-10)19-4-8(12(20)21)9(5-19)13(15,16)17/h1-3,8-9H,4-5H2,(H,20,21)/t8-,9-/m1/s1. The Morgan fingerprint density at radius 1 is 1.41 bits per heavy atom. The number of hydrogen-bond acceptors (Lipinski definition) is 4. The maximum absolute atomic E-state index is 13.0. The maximum Gasteiger partial charge on any atom is 0.394 e. The first-order chi connectivity index (χ1) is 10.3. The van der Waals surface area contributed by atoms with Gasteiger partial charge in [-0.1, -0.05) is 16.8 Å². The number of alkyl halides is 3. The number of hydrogen-bond donors (Lipinski definition) is 1. The molecular weight excluding hydrogens is 325 g/mol. The number of halogens is 4. The van der Waals surface area contributed by atoms with Gasteiger partial charge in [-0.15, -0.1) is 0 Å². The van der Waals surface area contributed by atoms with E-state index >= 15 is 0 Å². The van der Waals surface area contributed by atoms with E-state index in [0.29, 0.717) is 16.0 Å². The normalized spacial score (nSPS) is 22.5. The fourth-order valence-corrected chi connectivity index (χ4v) is 2.86. The maximum atomic E-state index is 13.0. The number of nitrogens with zero attached hydrogens (tertiary/aromatic N) is 2. The highest BCUT2D eigenvalue weighted by Gasteiger charge is 2.53. The molecule has 2 aromatic rings. The van der Waals surface area contributed by atoms with E-state index in [4.69, 9.17) is 21.2 Å². The van der Waals surface area contributed by atoms with Crippen LogP contribution in [0.5, 0.6) is 0 Å². The molecular formula is C13H10ClF3N2O3. The molecule has 1 aromatic carbocycles. The van der Waals surface area contributed by atoms with Crippen LogP contribution in [0.15, 0.2) is 22.7 Å². The molecule has 0 unspecified atom stereocenters. The average molecular weight is 335 g/mol. The number of carbonyl (C=O) groups is 1. The number of aliphatic carboxylic acids is 1. The van der Waals surface area contributed by atoms with Crippen LogP contribution in [0.25, 0.3) is 11.0 Å². The Morgan fingerprint density at radius 2 is 2.14 bits per heavy atom. The largest absolute Gasteiger partial charge is 0.481 e. The second-order valence-electron chi connectivity index (χ2n) is 5.14. The van der Waals surface area contributed by atoms with Crippen molar-refractivity contribution in [3.8, 4) is 0 Å². The Morgan fingerprint density at radius 3 is 2.73 bits per heavy atom. The Hall–Kier alpha value is -1.96. The third kappa shape index (κ3) is 2.47. The van der Waals surface area contributed by atoms with E-state index in [1.165, 1.54) is 11.0 Å². The molecule has 118 valence electrons. The van der Waals surface area contributed by atoms with Crippen LogP contribution in [-0.4, -0.2) is 35.5 Å². The lowest BCUT2D eigenvalue weighted by molar-refractivity contribution is -0.187. The van der Waals surface area contributed by atoms with Crippen LogP contribution < -0.4 is 4.90 Å². The fraction of sp³-hybridized carbons (Fsp3) is 0.385. The summed E-state index contributed by atoms with van der Waals surface area (Å²) in [5.41, 5.74) is 0.377. The lowest BCUT2D eigenvalue weighted by atomic mass is 9.96. The summed E-state index contributed by atoms with van der Waals surface area (Å²) < 4.78 is 44.1. The summed E-state index contributed by atoms with van der Waals surface area (Å²) in [4.78, 5) is 12.4. The van der Waals surface area contributed by atoms with Gasteiger partial charge in [-0.3, -0.25) is 4.79 Å². The Bertz CT molecular complexity index is 731. The van der Waals surface area contributed by atoms with Crippen molar-refractivity contribution in [3.63, 3.8) is 0 Å². The van der Waals surface area contributed by atoms with Gasteiger partial charge in [0.1, 0.15) is 0 Å².